The van der Waals surface area contributed by atoms with Crippen molar-refractivity contribution in [2.24, 2.45) is 0 Å². The molecule has 0 radical (unpaired) electrons. The standard InChI is InChI=1S/C31H26B2O4/c1-19-3-7-23-24-8-4-20(2)16-28(24)31(27(23)15-19)29-17-21(32-34-11-12-35-32)5-9-25(29)26-10-6-22(18-30(26)31)33-36-13-14-37-33/h3-10,15-18H,11-14H2,1-2H3. The number of fused-ring (bicyclic) bond motifs is 10. The molecule has 180 valence electrons. The summed E-state index contributed by atoms with van der Waals surface area (Å²) < 4.78 is 23.7. The van der Waals surface area contributed by atoms with Crippen LogP contribution in [0.3, 0.4) is 0 Å². The first-order valence-electron chi connectivity index (χ1n) is 13.1. The van der Waals surface area contributed by atoms with Crippen molar-refractivity contribution in [2.75, 3.05) is 26.4 Å². The molecule has 2 aliphatic carbocycles. The molecule has 37 heavy (non-hydrogen) atoms. The van der Waals surface area contributed by atoms with Crippen LogP contribution in [-0.4, -0.2) is 40.7 Å². The molecule has 1 spiro atoms. The van der Waals surface area contributed by atoms with Gasteiger partial charge in [0.05, 0.1) is 31.8 Å². The molecule has 2 fully saturated rings. The van der Waals surface area contributed by atoms with Gasteiger partial charge in [0, 0.05) is 0 Å². The Kier molecular flexibility index (Phi) is 4.69. The van der Waals surface area contributed by atoms with Crippen LogP contribution in [-0.2, 0) is 24.0 Å². The molecule has 0 amide bonds. The van der Waals surface area contributed by atoms with E-state index in [4.69, 9.17) is 18.6 Å². The van der Waals surface area contributed by atoms with E-state index in [1.54, 1.807) is 0 Å². The summed E-state index contributed by atoms with van der Waals surface area (Å²) in [5, 5.41) is 0. The predicted octanol–water partition coefficient (Wildman–Crippen LogP) is 4.13. The first-order valence-corrected chi connectivity index (χ1v) is 13.1. The Morgan fingerprint density at radius 2 is 0.838 bits per heavy atom. The number of aryl methyl sites for hydroxylation is 2. The van der Waals surface area contributed by atoms with Gasteiger partial charge in [-0.3, -0.25) is 0 Å². The zero-order chi connectivity index (χ0) is 24.7. The van der Waals surface area contributed by atoms with Gasteiger partial charge in [-0.2, -0.15) is 0 Å². The van der Waals surface area contributed by atoms with E-state index in [9.17, 15) is 0 Å². The Morgan fingerprint density at radius 1 is 0.486 bits per heavy atom. The fourth-order valence-corrected chi connectivity index (χ4v) is 6.89. The number of rotatable bonds is 2. The van der Waals surface area contributed by atoms with E-state index < -0.39 is 5.41 Å². The topological polar surface area (TPSA) is 36.9 Å². The molecule has 0 aromatic heterocycles. The molecule has 4 aromatic rings. The lowest BCUT2D eigenvalue weighted by Crippen LogP contribution is -2.35. The second-order valence-electron chi connectivity index (χ2n) is 10.6. The molecule has 0 saturated carbocycles. The van der Waals surface area contributed by atoms with Crippen molar-refractivity contribution in [3.63, 3.8) is 0 Å². The van der Waals surface area contributed by atoms with Gasteiger partial charge >= 0.3 is 14.2 Å². The Morgan fingerprint density at radius 3 is 1.24 bits per heavy atom. The molecule has 0 N–H and O–H groups in total. The van der Waals surface area contributed by atoms with Crippen LogP contribution in [0.5, 0.6) is 0 Å². The molecule has 4 aromatic carbocycles. The van der Waals surface area contributed by atoms with Crippen molar-refractivity contribution < 1.29 is 18.6 Å². The highest BCUT2D eigenvalue weighted by Gasteiger charge is 2.52. The van der Waals surface area contributed by atoms with Crippen LogP contribution in [0, 0.1) is 13.8 Å². The first kappa shape index (κ1) is 21.9. The highest BCUT2D eigenvalue weighted by Crippen LogP contribution is 2.62. The summed E-state index contributed by atoms with van der Waals surface area (Å²) in [7, 11) is -0.644. The van der Waals surface area contributed by atoms with E-state index in [0.29, 0.717) is 26.4 Å². The maximum Gasteiger partial charge on any atom is 0.494 e. The van der Waals surface area contributed by atoms with Crippen LogP contribution in [0.1, 0.15) is 33.4 Å². The average Bonchev–Trinajstić information content (AvgIpc) is 3.71. The van der Waals surface area contributed by atoms with Crippen LogP contribution >= 0.6 is 0 Å². The lowest BCUT2D eigenvalue weighted by atomic mass is 9.67. The van der Waals surface area contributed by atoms with Gasteiger partial charge in [-0.05, 0) is 69.3 Å². The zero-order valence-electron chi connectivity index (χ0n) is 21.0. The quantitative estimate of drug-likeness (QED) is 0.347. The molecule has 0 unspecified atom stereocenters. The highest BCUT2D eigenvalue weighted by molar-refractivity contribution is 6.62. The van der Waals surface area contributed by atoms with Crippen molar-refractivity contribution in [1.29, 1.82) is 0 Å². The third kappa shape index (κ3) is 2.96. The van der Waals surface area contributed by atoms with Gasteiger partial charge in [-0.25, -0.2) is 0 Å². The van der Waals surface area contributed by atoms with Crippen LogP contribution in [0.15, 0.2) is 72.8 Å². The monoisotopic (exact) mass is 484 g/mol. The molecule has 6 heteroatoms. The summed E-state index contributed by atoms with van der Waals surface area (Å²) in [5.74, 6) is 0. The minimum absolute atomic E-state index is 0.322. The fraction of sp³-hybridized carbons (Fsp3) is 0.226. The third-order valence-corrected chi connectivity index (χ3v) is 8.42. The molecule has 0 atom stereocenters. The number of benzene rings is 4. The lowest BCUT2D eigenvalue weighted by Gasteiger charge is -2.31. The molecule has 4 aliphatic rings. The minimum Gasteiger partial charge on any atom is -0.405 e. The predicted molar refractivity (Wildman–Crippen MR) is 147 cm³/mol. The van der Waals surface area contributed by atoms with Crippen LogP contribution < -0.4 is 10.9 Å². The summed E-state index contributed by atoms with van der Waals surface area (Å²) in [6, 6.07) is 27.3. The summed E-state index contributed by atoms with van der Waals surface area (Å²) in [5.41, 5.74) is 14.6. The molecule has 2 heterocycles. The molecular formula is C31H26B2O4. The van der Waals surface area contributed by atoms with Gasteiger partial charge in [0.15, 0.2) is 0 Å². The first-order chi connectivity index (χ1) is 18.1. The van der Waals surface area contributed by atoms with Crippen molar-refractivity contribution >= 4 is 25.2 Å². The molecule has 2 aliphatic heterocycles. The van der Waals surface area contributed by atoms with E-state index in [0.717, 1.165) is 10.9 Å². The molecule has 2 saturated heterocycles. The van der Waals surface area contributed by atoms with Crippen molar-refractivity contribution in [1.82, 2.24) is 0 Å². The van der Waals surface area contributed by atoms with Gasteiger partial charge in [0.2, 0.25) is 0 Å². The van der Waals surface area contributed by atoms with E-state index in [1.165, 1.54) is 55.6 Å². The Hall–Kier alpha value is -3.15. The Balaban J connectivity index is 1.48. The van der Waals surface area contributed by atoms with Gasteiger partial charge < -0.3 is 18.6 Å². The fourth-order valence-electron chi connectivity index (χ4n) is 6.89. The number of hydrogen-bond donors (Lipinski definition) is 0. The van der Waals surface area contributed by atoms with Crippen LogP contribution in [0.4, 0.5) is 0 Å². The lowest BCUT2D eigenvalue weighted by molar-refractivity contribution is 0.365. The Labute approximate surface area is 217 Å². The third-order valence-electron chi connectivity index (χ3n) is 8.42. The van der Waals surface area contributed by atoms with E-state index >= 15 is 0 Å². The second kappa shape index (κ2) is 7.92. The molecule has 0 bridgehead atoms. The van der Waals surface area contributed by atoms with Crippen molar-refractivity contribution in [2.45, 2.75) is 19.3 Å². The number of hydrogen-bond acceptors (Lipinski definition) is 4. The minimum atomic E-state index is -0.434. The molecule has 4 nitrogen and oxygen atoms in total. The average molecular weight is 484 g/mol. The van der Waals surface area contributed by atoms with Gasteiger partial charge in [-0.15, -0.1) is 0 Å². The Bertz CT molecular complexity index is 1470. The normalized spacial score (nSPS) is 18.3. The van der Waals surface area contributed by atoms with Crippen LogP contribution in [0.25, 0.3) is 22.3 Å². The highest BCUT2D eigenvalue weighted by atomic mass is 16.6. The van der Waals surface area contributed by atoms with Gasteiger partial charge in [0.1, 0.15) is 0 Å². The zero-order valence-corrected chi connectivity index (χ0v) is 21.0. The van der Waals surface area contributed by atoms with E-state index in [-0.39, 0.29) is 14.2 Å². The van der Waals surface area contributed by atoms with Crippen molar-refractivity contribution in [3.05, 3.63) is 106 Å². The van der Waals surface area contributed by atoms with E-state index in [2.05, 4.69) is 86.6 Å². The van der Waals surface area contributed by atoms with Gasteiger partial charge in [-0.1, -0.05) is 83.9 Å². The summed E-state index contributed by atoms with van der Waals surface area (Å²) in [6.07, 6.45) is 0. The summed E-state index contributed by atoms with van der Waals surface area (Å²) in [6.45, 7) is 6.88. The SMILES string of the molecule is Cc1ccc2c(c1)C1(c3cc(C)ccc3-2)c2cc(B3OCCO3)ccc2-c2ccc(B3OCCO3)cc21. The van der Waals surface area contributed by atoms with E-state index in [1.807, 2.05) is 0 Å². The molecular weight excluding hydrogens is 458 g/mol. The maximum absolute atomic E-state index is 5.94. The molecule has 8 rings (SSSR count). The second-order valence-corrected chi connectivity index (χ2v) is 10.6. The largest absolute Gasteiger partial charge is 0.494 e. The van der Waals surface area contributed by atoms with Crippen LogP contribution in [0.2, 0.25) is 0 Å². The van der Waals surface area contributed by atoms with Gasteiger partial charge in [0.25, 0.3) is 0 Å². The van der Waals surface area contributed by atoms with Crippen molar-refractivity contribution in [3.8, 4) is 22.3 Å². The summed E-state index contributed by atoms with van der Waals surface area (Å²) in [4.78, 5) is 0. The smallest absolute Gasteiger partial charge is 0.405 e. The maximum atomic E-state index is 5.94. The summed E-state index contributed by atoms with van der Waals surface area (Å²) >= 11 is 0.